The van der Waals surface area contributed by atoms with Crippen LogP contribution < -0.4 is 10.1 Å². The van der Waals surface area contributed by atoms with Gasteiger partial charge in [0.1, 0.15) is 0 Å². The number of phenolic OH excluding ortho intramolecular Hbond substituents is 1. The molecule has 1 unspecified atom stereocenters. The van der Waals surface area contributed by atoms with Crippen LogP contribution in [0.5, 0.6) is 11.5 Å². The van der Waals surface area contributed by atoms with Gasteiger partial charge in [0, 0.05) is 22.8 Å². The fourth-order valence-electron chi connectivity index (χ4n) is 3.77. The standard InChI is InChI=1S/C23H23ClN4O4/c1-4-10-28-13(2)19(22-26-21(27-32-22)15-6-5-7-16(24)11-15)20(25-23(28)30)14-8-9-18(31-3)17(29)12-14/h5-9,11-12,20,29H,4,10H2,1-3H3,(H,25,30). The van der Waals surface area contributed by atoms with E-state index in [2.05, 4.69) is 15.5 Å². The molecule has 166 valence electrons. The molecule has 1 atom stereocenters. The first-order valence-corrected chi connectivity index (χ1v) is 10.6. The van der Waals surface area contributed by atoms with Crippen LogP contribution in [0, 0.1) is 0 Å². The van der Waals surface area contributed by atoms with E-state index >= 15 is 0 Å². The Balaban J connectivity index is 1.82. The van der Waals surface area contributed by atoms with Crippen molar-refractivity contribution in [1.29, 1.82) is 0 Å². The number of allylic oxidation sites excluding steroid dienone is 1. The third kappa shape index (κ3) is 4.01. The molecule has 32 heavy (non-hydrogen) atoms. The minimum atomic E-state index is -0.597. The summed E-state index contributed by atoms with van der Waals surface area (Å²) in [6.45, 7) is 4.39. The summed E-state index contributed by atoms with van der Waals surface area (Å²) in [4.78, 5) is 19.1. The molecule has 3 aromatic rings. The second kappa shape index (κ2) is 8.92. The number of aromatic nitrogens is 2. The Morgan fingerprint density at radius 1 is 1.28 bits per heavy atom. The number of hydrogen-bond donors (Lipinski definition) is 2. The summed E-state index contributed by atoms with van der Waals surface area (Å²) in [5.74, 6) is 0.973. The molecule has 2 N–H and O–H groups in total. The largest absolute Gasteiger partial charge is 0.504 e. The van der Waals surface area contributed by atoms with E-state index in [9.17, 15) is 9.90 Å². The van der Waals surface area contributed by atoms with Gasteiger partial charge in [0.05, 0.1) is 18.7 Å². The first-order chi connectivity index (χ1) is 15.4. The second-order valence-electron chi connectivity index (χ2n) is 7.40. The van der Waals surface area contributed by atoms with Crippen LogP contribution in [0.25, 0.3) is 17.0 Å². The number of hydrogen-bond acceptors (Lipinski definition) is 6. The number of methoxy groups -OCH3 is 1. The van der Waals surface area contributed by atoms with Gasteiger partial charge in [0.2, 0.25) is 5.82 Å². The van der Waals surface area contributed by atoms with Crippen molar-refractivity contribution in [2.45, 2.75) is 26.3 Å². The van der Waals surface area contributed by atoms with E-state index in [4.69, 9.17) is 20.9 Å². The molecule has 1 aliphatic rings. The molecule has 0 saturated heterocycles. The maximum absolute atomic E-state index is 12.8. The van der Waals surface area contributed by atoms with E-state index in [0.29, 0.717) is 40.0 Å². The number of urea groups is 1. The predicted octanol–water partition coefficient (Wildman–Crippen LogP) is 5.01. The number of carbonyl (C=O) groups is 1. The predicted molar refractivity (Wildman–Crippen MR) is 120 cm³/mol. The van der Waals surface area contributed by atoms with Crippen molar-refractivity contribution in [2.24, 2.45) is 0 Å². The summed E-state index contributed by atoms with van der Waals surface area (Å²) in [5.41, 5.74) is 2.74. The van der Waals surface area contributed by atoms with Gasteiger partial charge in [0.25, 0.3) is 5.89 Å². The van der Waals surface area contributed by atoms with Crippen molar-refractivity contribution in [3.05, 3.63) is 64.6 Å². The molecule has 4 rings (SSSR count). The second-order valence-corrected chi connectivity index (χ2v) is 7.83. The Morgan fingerprint density at radius 2 is 2.09 bits per heavy atom. The molecule has 0 saturated carbocycles. The number of aromatic hydroxyl groups is 1. The molecular formula is C23H23ClN4O4. The average molecular weight is 455 g/mol. The summed E-state index contributed by atoms with van der Waals surface area (Å²) >= 11 is 6.10. The third-order valence-electron chi connectivity index (χ3n) is 5.32. The van der Waals surface area contributed by atoms with Gasteiger partial charge in [0.15, 0.2) is 11.5 Å². The van der Waals surface area contributed by atoms with Crippen molar-refractivity contribution in [1.82, 2.24) is 20.4 Å². The van der Waals surface area contributed by atoms with Gasteiger partial charge in [-0.1, -0.05) is 41.9 Å². The zero-order valence-corrected chi connectivity index (χ0v) is 18.7. The molecule has 8 nitrogen and oxygen atoms in total. The monoisotopic (exact) mass is 454 g/mol. The van der Waals surface area contributed by atoms with E-state index < -0.39 is 6.04 Å². The van der Waals surface area contributed by atoms with Crippen molar-refractivity contribution in [2.75, 3.05) is 13.7 Å². The minimum absolute atomic E-state index is 0.0302. The van der Waals surface area contributed by atoms with Crippen LogP contribution in [0.4, 0.5) is 4.79 Å². The lowest BCUT2D eigenvalue weighted by molar-refractivity contribution is 0.205. The molecule has 0 bridgehead atoms. The molecule has 2 heterocycles. The molecule has 1 aromatic heterocycles. The lowest BCUT2D eigenvalue weighted by Gasteiger charge is -2.35. The van der Waals surface area contributed by atoms with Crippen LogP contribution in [0.2, 0.25) is 5.02 Å². The maximum Gasteiger partial charge on any atom is 0.322 e. The normalized spacial score (nSPS) is 16.3. The number of halogens is 1. The number of nitrogens with one attached hydrogen (secondary N) is 1. The summed E-state index contributed by atoms with van der Waals surface area (Å²) in [5, 5.41) is 18.0. The highest BCUT2D eigenvalue weighted by molar-refractivity contribution is 6.30. The summed E-state index contributed by atoms with van der Waals surface area (Å²) < 4.78 is 10.8. The Kier molecular flexibility index (Phi) is 6.05. The molecule has 0 aliphatic carbocycles. The highest BCUT2D eigenvalue weighted by atomic mass is 35.5. The highest BCUT2D eigenvalue weighted by Crippen LogP contribution is 2.39. The Hall–Kier alpha value is -3.52. The van der Waals surface area contributed by atoms with Crippen LogP contribution >= 0.6 is 11.6 Å². The first kappa shape index (κ1) is 21.7. The van der Waals surface area contributed by atoms with Crippen molar-refractivity contribution in [3.63, 3.8) is 0 Å². The SMILES string of the molecule is CCCN1C(=O)NC(c2ccc(OC)c(O)c2)C(c2nc(-c3cccc(Cl)c3)no2)=C1C. The average Bonchev–Trinajstić information content (AvgIpc) is 3.26. The maximum atomic E-state index is 12.8. The summed E-state index contributed by atoms with van der Waals surface area (Å²) in [6, 6.07) is 11.3. The summed E-state index contributed by atoms with van der Waals surface area (Å²) in [7, 11) is 1.48. The van der Waals surface area contributed by atoms with Crippen LogP contribution in [0.3, 0.4) is 0 Å². The molecule has 0 spiro atoms. The van der Waals surface area contributed by atoms with Crippen molar-refractivity contribution >= 4 is 23.2 Å². The molecule has 0 fully saturated rings. The zero-order chi connectivity index (χ0) is 22.8. The van der Waals surface area contributed by atoms with Gasteiger partial charge < -0.3 is 19.7 Å². The van der Waals surface area contributed by atoms with Gasteiger partial charge in [-0.2, -0.15) is 4.98 Å². The Bertz CT molecular complexity index is 1190. The lowest BCUT2D eigenvalue weighted by Crippen LogP contribution is -2.46. The highest BCUT2D eigenvalue weighted by Gasteiger charge is 2.35. The molecule has 2 amide bonds. The topological polar surface area (TPSA) is 101 Å². The van der Waals surface area contributed by atoms with Gasteiger partial charge in [-0.05, 0) is 43.2 Å². The molecule has 0 radical (unpaired) electrons. The lowest BCUT2D eigenvalue weighted by atomic mass is 9.94. The molecular weight excluding hydrogens is 432 g/mol. The van der Waals surface area contributed by atoms with E-state index in [1.807, 2.05) is 26.0 Å². The molecule has 2 aromatic carbocycles. The number of rotatable bonds is 6. The van der Waals surface area contributed by atoms with Gasteiger partial charge >= 0.3 is 6.03 Å². The molecule has 9 heteroatoms. The first-order valence-electron chi connectivity index (χ1n) is 10.2. The van der Waals surface area contributed by atoms with Gasteiger partial charge in [-0.15, -0.1) is 0 Å². The quantitative estimate of drug-likeness (QED) is 0.542. The van der Waals surface area contributed by atoms with Crippen molar-refractivity contribution < 1.29 is 19.2 Å². The van der Waals surface area contributed by atoms with E-state index in [-0.39, 0.29) is 17.7 Å². The third-order valence-corrected chi connectivity index (χ3v) is 5.55. The number of carbonyl (C=O) groups excluding carboxylic acids is 1. The fourth-order valence-corrected chi connectivity index (χ4v) is 3.96. The smallest absolute Gasteiger partial charge is 0.322 e. The number of ether oxygens (including phenoxy) is 1. The van der Waals surface area contributed by atoms with E-state index in [1.165, 1.54) is 7.11 Å². The van der Waals surface area contributed by atoms with Gasteiger partial charge in [-0.25, -0.2) is 4.79 Å². The minimum Gasteiger partial charge on any atom is -0.504 e. The van der Waals surface area contributed by atoms with E-state index in [1.54, 1.807) is 35.2 Å². The fraction of sp³-hybridized carbons (Fsp3) is 0.261. The number of phenols is 1. The number of amides is 2. The zero-order valence-electron chi connectivity index (χ0n) is 17.9. The summed E-state index contributed by atoms with van der Waals surface area (Å²) in [6.07, 6.45) is 0.781. The van der Waals surface area contributed by atoms with Crippen LogP contribution in [-0.4, -0.2) is 39.8 Å². The Labute approximate surface area is 190 Å². The Morgan fingerprint density at radius 3 is 2.78 bits per heavy atom. The van der Waals surface area contributed by atoms with Gasteiger partial charge in [-0.3, -0.25) is 4.90 Å². The van der Waals surface area contributed by atoms with Crippen LogP contribution in [0.15, 0.2) is 52.7 Å². The number of nitrogens with zero attached hydrogens (tertiary/aromatic N) is 3. The van der Waals surface area contributed by atoms with Crippen molar-refractivity contribution in [3.8, 4) is 22.9 Å². The van der Waals surface area contributed by atoms with Crippen LogP contribution in [0.1, 0.15) is 37.8 Å². The van der Waals surface area contributed by atoms with E-state index in [0.717, 1.165) is 12.0 Å². The molecule has 1 aliphatic heterocycles. The number of benzene rings is 2. The van der Waals surface area contributed by atoms with Crippen LogP contribution in [-0.2, 0) is 0 Å².